The number of hydrogen-bond donors (Lipinski definition) is 3. The van der Waals surface area contributed by atoms with E-state index >= 15 is 0 Å². The molecule has 1 heterocycles. The van der Waals surface area contributed by atoms with E-state index in [2.05, 4.69) is 20.0 Å². The van der Waals surface area contributed by atoms with Crippen LogP contribution >= 0.6 is 11.8 Å². The molecule has 3 aromatic carbocycles. The first kappa shape index (κ1) is 21.7. The van der Waals surface area contributed by atoms with Crippen molar-refractivity contribution in [1.29, 1.82) is 0 Å². The van der Waals surface area contributed by atoms with Crippen LogP contribution in [0, 0.1) is 0 Å². The van der Waals surface area contributed by atoms with Crippen molar-refractivity contribution < 1.29 is 17.9 Å². The predicted octanol–water partition coefficient (Wildman–Crippen LogP) is 4.10. The van der Waals surface area contributed by atoms with Crippen molar-refractivity contribution in [2.45, 2.75) is 10.1 Å². The number of thioether (sulfide) groups is 1. The molecule has 0 bridgehead atoms. The average molecular weight is 469 g/mol. The third-order valence-corrected chi connectivity index (χ3v) is 6.77. The Hall–Kier alpha value is -3.50. The molecule has 0 saturated carbocycles. The maximum Gasteiger partial charge on any atom is 0.261 e. The number of sulfonamides is 1. The molecule has 0 spiro atoms. The number of H-pyrrole nitrogens is 1. The van der Waals surface area contributed by atoms with Crippen LogP contribution in [-0.2, 0) is 14.8 Å². The quantitative estimate of drug-likeness (QED) is 0.336. The highest BCUT2D eigenvalue weighted by Gasteiger charge is 2.15. The molecule has 0 aliphatic heterocycles. The van der Waals surface area contributed by atoms with E-state index in [0.29, 0.717) is 22.3 Å². The summed E-state index contributed by atoms with van der Waals surface area (Å²) in [6.07, 6.45) is 0. The van der Waals surface area contributed by atoms with Crippen LogP contribution in [0.4, 0.5) is 11.4 Å². The van der Waals surface area contributed by atoms with Gasteiger partial charge in [-0.15, -0.1) is 0 Å². The van der Waals surface area contributed by atoms with E-state index in [1.54, 1.807) is 36.4 Å². The highest BCUT2D eigenvalue weighted by molar-refractivity contribution is 7.99. The summed E-state index contributed by atoms with van der Waals surface area (Å²) in [7, 11) is -2.22. The summed E-state index contributed by atoms with van der Waals surface area (Å²) in [6, 6.07) is 20.2. The fourth-order valence-corrected chi connectivity index (χ4v) is 4.66. The average Bonchev–Trinajstić information content (AvgIpc) is 3.21. The zero-order chi connectivity index (χ0) is 22.6. The highest BCUT2D eigenvalue weighted by atomic mass is 32.2. The topological polar surface area (TPSA) is 113 Å². The number of aromatic nitrogens is 2. The van der Waals surface area contributed by atoms with E-state index in [4.69, 9.17) is 4.74 Å². The van der Waals surface area contributed by atoms with E-state index in [0.717, 1.165) is 11.0 Å². The second kappa shape index (κ2) is 9.33. The summed E-state index contributed by atoms with van der Waals surface area (Å²) in [5.74, 6) is 0.577. The van der Waals surface area contributed by atoms with Gasteiger partial charge in [-0.05, 0) is 60.7 Å². The van der Waals surface area contributed by atoms with Crippen LogP contribution in [0.1, 0.15) is 0 Å². The summed E-state index contributed by atoms with van der Waals surface area (Å²) in [6.45, 7) is 0. The Labute approximate surface area is 189 Å². The number of fused-ring (bicyclic) bond motifs is 1. The predicted molar refractivity (Wildman–Crippen MR) is 126 cm³/mol. The molecule has 0 saturated heterocycles. The number of amides is 1. The number of methoxy groups -OCH3 is 1. The molecule has 1 amide bonds. The Morgan fingerprint density at radius 2 is 1.69 bits per heavy atom. The molecule has 4 aromatic rings. The zero-order valence-electron chi connectivity index (χ0n) is 17.0. The summed E-state index contributed by atoms with van der Waals surface area (Å²) in [5, 5.41) is 3.42. The van der Waals surface area contributed by atoms with Gasteiger partial charge in [0, 0.05) is 11.4 Å². The van der Waals surface area contributed by atoms with Crippen LogP contribution in [0.25, 0.3) is 11.0 Å². The first-order chi connectivity index (χ1) is 15.4. The minimum atomic E-state index is -3.76. The van der Waals surface area contributed by atoms with Gasteiger partial charge in [-0.3, -0.25) is 9.52 Å². The van der Waals surface area contributed by atoms with Crippen LogP contribution in [0.15, 0.2) is 82.8 Å². The van der Waals surface area contributed by atoms with Crippen molar-refractivity contribution in [3.8, 4) is 5.75 Å². The second-order valence-electron chi connectivity index (χ2n) is 6.75. The van der Waals surface area contributed by atoms with E-state index in [1.807, 2.05) is 24.3 Å². The van der Waals surface area contributed by atoms with Crippen molar-refractivity contribution in [1.82, 2.24) is 9.97 Å². The molecule has 0 fully saturated rings. The number of rotatable bonds is 8. The number of hydrogen-bond acceptors (Lipinski definition) is 6. The molecule has 32 heavy (non-hydrogen) atoms. The molecule has 0 atom stereocenters. The van der Waals surface area contributed by atoms with E-state index in [9.17, 15) is 13.2 Å². The zero-order valence-corrected chi connectivity index (χ0v) is 18.7. The number of anilines is 2. The Balaban J connectivity index is 1.34. The largest absolute Gasteiger partial charge is 0.497 e. The summed E-state index contributed by atoms with van der Waals surface area (Å²) in [4.78, 5) is 19.9. The van der Waals surface area contributed by atoms with Gasteiger partial charge in [-0.2, -0.15) is 0 Å². The summed E-state index contributed by atoms with van der Waals surface area (Å²) >= 11 is 1.29. The molecule has 10 heteroatoms. The number of nitrogens with one attached hydrogen (secondary N) is 3. The van der Waals surface area contributed by atoms with E-state index in [-0.39, 0.29) is 16.6 Å². The second-order valence-corrected chi connectivity index (χ2v) is 9.40. The Kier molecular flexibility index (Phi) is 6.33. The number of nitrogens with zero attached hydrogens (tertiary/aromatic N) is 1. The van der Waals surface area contributed by atoms with Crippen LogP contribution in [0.3, 0.4) is 0 Å². The molecule has 0 unspecified atom stereocenters. The molecule has 0 radical (unpaired) electrons. The maximum absolute atomic E-state index is 12.6. The molecule has 4 rings (SSSR count). The molecular weight excluding hydrogens is 448 g/mol. The molecule has 164 valence electrons. The normalized spacial score (nSPS) is 11.3. The first-order valence-corrected chi connectivity index (χ1v) is 12.0. The van der Waals surface area contributed by atoms with Gasteiger partial charge in [-0.1, -0.05) is 23.9 Å². The molecule has 1 aromatic heterocycles. The fourth-order valence-electron chi connectivity index (χ4n) is 2.92. The van der Waals surface area contributed by atoms with Gasteiger partial charge < -0.3 is 15.0 Å². The third kappa shape index (κ3) is 5.21. The van der Waals surface area contributed by atoms with Crippen molar-refractivity contribution in [3.05, 3.63) is 72.8 Å². The lowest BCUT2D eigenvalue weighted by Crippen LogP contribution is -2.15. The number of benzene rings is 3. The van der Waals surface area contributed by atoms with Crippen LogP contribution in [-0.4, -0.2) is 37.2 Å². The van der Waals surface area contributed by atoms with Gasteiger partial charge in [-0.25, -0.2) is 13.4 Å². The van der Waals surface area contributed by atoms with E-state index in [1.165, 1.54) is 31.0 Å². The van der Waals surface area contributed by atoms with Gasteiger partial charge in [0.05, 0.1) is 28.8 Å². The fraction of sp³-hybridized carbons (Fsp3) is 0.0909. The van der Waals surface area contributed by atoms with Crippen molar-refractivity contribution in [2.75, 3.05) is 22.9 Å². The van der Waals surface area contributed by atoms with Crippen molar-refractivity contribution >= 4 is 50.1 Å². The minimum Gasteiger partial charge on any atom is -0.497 e. The highest BCUT2D eigenvalue weighted by Crippen LogP contribution is 2.22. The molecule has 3 N–H and O–H groups in total. The number of carbonyl (C=O) groups excluding carboxylic acids is 1. The lowest BCUT2D eigenvalue weighted by atomic mass is 10.3. The van der Waals surface area contributed by atoms with E-state index < -0.39 is 10.0 Å². The third-order valence-electron chi connectivity index (χ3n) is 4.50. The molecule has 0 aliphatic rings. The lowest BCUT2D eigenvalue weighted by molar-refractivity contribution is -0.113. The van der Waals surface area contributed by atoms with Crippen LogP contribution in [0.2, 0.25) is 0 Å². The molecule has 0 aliphatic carbocycles. The number of carbonyl (C=O) groups is 1. The Morgan fingerprint density at radius 1 is 1.00 bits per heavy atom. The van der Waals surface area contributed by atoms with Gasteiger partial charge in [0.1, 0.15) is 5.75 Å². The lowest BCUT2D eigenvalue weighted by Gasteiger charge is -2.10. The van der Waals surface area contributed by atoms with Crippen molar-refractivity contribution in [3.63, 3.8) is 0 Å². The molecular formula is C22H20N4O4S2. The SMILES string of the molecule is COc1ccc(NS(=O)(=O)c2ccc(NC(=O)CSc3nc4ccccc4[nH]3)cc2)cc1. The van der Waals surface area contributed by atoms with Gasteiger partial charge in [0.15, 0.2) is 5.16 Å². The van der Waals surface area contributed by atoms with Crippen LogP contribution in [0.5, 0.6) is 5.75 Å². The smallest absolute Gasteiger partial charge is 0.261 e. The molecule has 8 nitrogen and oxygen atoms in total. The van der Waals surface area contributed by atoms with Crippen LogP contribution < -0.4 is 14.8 Å². The monoisotopic (exact) mass is 468 g/mol. The number of ether oxygens (including phenoxy) is 1. The van der Waals surface area contributed by atoms with Gasteiger partial charge >= 0.3 is 0 Å². The van der Waals surface area contributed by atoms with Crippen molar-refractivity contribution in [2.24, 2.45) is 0 Å². The first-order valence-electron chi connectivity index (χ1n) is 9.57. The number of imidazole rings is 1. The van der Waals surface area contributed by atoms with Gasteiger partial charge in [0.25, 0.3) is 10.0 Å². The minimum absolute atomic E-state index is 0.0861. The number of aromatic amines is 1. The maximum atomic E-state index is 12.6. The number of para-hydroxylation sites is 2. The Morgan fingerprint density at radius 3 is 2.38 bits per heavy atom. The summed E-state index contributed by atoms with van der Waals surface area (Å²) < 4.78 is 32.7. The Bertz CT molecular complexity index is 1300. The summed E-state index contributed by atoms with van der Waals surface area (Å²) in [5.41, 5.74) is 2.68. The van der Waals surface area contributed by atoms with Gasteiger partial charge in [0.2, 0.25) is 5.91 Å². The standard InChI is InChI=1S/C22H20N4O4S2/c1-30-17-10-6-16(7-11-17)26-32(28,29)18-12-8-15(9-13-18)23-21(27)14-31-22-24-19-4-2-3-5-20(19)25-22/h2-13,26H,14H2,1H3,(H,23,27)(H,24,25).